The highest BCUT2D eigenvalue weighted by Gasteiger charge is 2.26. The van der Waals surface area contributed by atoms with Gasteiger partial charge in [-0.25, -0.2) is 14.8 Å². The first-order chi connectivity index (χ1) is 14.7. The Balaban J connectivity index is 1.55. The van der Waals surface area contributed by atoms with Crippen LogP contribution in [0.1, 0.15) is 20.4 Å². The molecule has 0 aromatic carbocycles. The van der Waals surface area contributed by atoms with Crippen LogP contribution in [-0.4, -0.2) is 69.8 Å². The molecular weight excluding hydrogens is 448 g/mol. The third-order valence-corrected chi connectivity index (χ3v) is 5.67. The van der Waals surface area contributed by atoms with Gasteiger partial charge in [0.2, 0.25) is 0 Å². The van der Waals surface area contributed by atoms with Crippen LogP contribution in [0, 0.1) is 0 Å². The van der Waals surface area contributed by atoms with E-state index in [4.69, 9.17) is 11.6 Å². The molecule has 2 aromatic heterocycles. The van der Waals surface area contributed by atoms with Gasteiger partial charge in [0.15, 0.2) is 5.01 Å². The SMILES string of the molecule is CN1CCc2nc(C(=O)N[C@@H](CNC(=O)C(=O)Nc3ccc(Cl)cn3)C(=O)O)sc2C1. The van der Waals surface area contributed by atoms with Crippen LogP contribution in [0.5, 0.6) is 0 Å². The second-order valence-electron chi connectivity index (χ2n) is 6.77. The van der Waals surface area contributed by atoms with Gasteiger partial charge in [-0.05, 0) is 19.2 Å². The lowest BCUT2D eigenvalue weighted by atomic mass is 10.2. The normalized spacial score (nSPS) is 14.3. The van der Waals surface area contributed by atoms with E-state index in [1.54, 1.807) is 0 Å². The number of rotatable bonds is 6. The molecule has 3 amide bonds. The molecule has 1 aliphatic rings. The molecule has 0 saturated heterocycles. The Kier molecular flexibility index (Phi) is 7.15. The zero-order valence-corrected chi connectivity index (χ0v) is 17.9. The van der Waals surface area contributed by atoms with Crippen LogP contribution in [0.3, 0.4) is 0 Å². The summed E-state index contributed by atoms with van der Waals surface area (Å²) in [6.07, 6.45) is 2.01. The maximum Gasteiger partial charge on any atom is 0.328 e. The van der Waals surface area contributed by atoms with Gasteiger partial charge in [-0.3, -0.25) is 14.4 Å². The first-order valence-corrected chi connectivity index (χ1v) is 10.3. The number of carbonyl (C=O) groups is 4. The Labute approximate surface area is 185 Å². The number of likely N-dealkylation sites (N-methyl/N-ethyl adjacent to an activating group) is 1. The molecule has 1 atom stereocenters. The van der Waals surface area contributed by atoms with E-state index in [9.17, 15) is 24.3 Å². The third-order valence-electron chi connectivity index (χ3n) is 4.36. The first-order valence-electron chi connectivity index (χ1n) is 9.14. The van der Waals surface area contributed by atoms with E-state index < -0.39 is 36.3 Å². The maximum atomic E-state index is 12.5. The summed E-state index contributed by atoms with van der Waals surface area (Å²) in [6.45, 7) is 1.01. The topological polar surface area (TPSA) is 154 Å². The average molecular weight is 467 g/mol. The minimum Gasteiger partial charge on any atom is -0.480 e. The zero-order chi connectivity index (χ0) is 22.5. The molecule has 1 aliphatic heterocycles. The van der Waals surface area contributed by atoms with Crippen LogP contribution in [-0.2, 0) is 27.3 Å². The molecule has 0 bridgehead atoms. The molecule has 164 valence electrons. The fraction of sp³-hybridized carbons (Fsp3) is 0.333. The second-order valence-corrected chi connectivity index (χ2v) is 8.29. The highest BCUT2D eigenvalue weighted by atomic mass is 35.5. The fourth-order valence-electron chi connectivity index (χ4n) is 2.74. The number of pyridine rings is 1. The van der Waals surface area contributed by atoms with Crippen molar-refractivity contribution in [3.63, 3.8) is 0 Å². The van der Waals surface area contributed by atoms with Crippen LogP contribution in [0.4, 0.5) is 5.82 Å². The van der Waals surface area contributed by atoms with Gasteiger partial charge in [0.05, 0.1) is 10.7 Å². The minimum atomic E-state index is -1.44. The Morgan fingerprint density at radius 1 is 1.29 bits per heavy atom. The number of anilines is 1. The number of carboxylic acid groups (broad SMARTS) is 1. The predicted octanol–water partition coefficient (Wildman–Crippen LogP) is 0.117. The van der Waals surface area contributed by atoms with Crippen LogP contribution < -0.4 is 16.0 Å². The average Bonchev–Trinajstić information content (AvgIpc) is 3.15. The van der Waals surface area contributed by atoms with E-state index in [1.165, 1.54) is 29.7 Å². The van der Waals surface area contributed by atoms with Crippen LogP contribution in [0.15, 0.2) is 18.3 Å². The van der Waals surface area contributed by atoms with Crippen molar-refractivity contribution in [1.82, 2.24) is 25.5 Å². The fourth-order valence-corrected chi connectivity index (χ4v) is 3.94. The van der Waals surface area contributed by atoms with Gasteiger partial charge in [-0.2, -0.15) is 0 Å². The molecule has 13 heteroatoms. The van der Waals surface area contributed by atoms with Crippen molar-refractivity contribution in [1.29, 1.82) is 0 Å². The number of carbonyl (C=O) groups excluding carboxylic acids is 3. The Morgan fingerprint density at radius 3 is 2.74 bits per heavy atom. The number of thiazole rings is 1. The number of nitrogens with one attached hydrogen (secondary N) is 3. The van der Waals surface area contributed by atoms with E-state index in [-0.39, 0.29) is 10.8 Å². The summed E-state index contributed by atoms with van der Waals surface area (Å²) in [5.74, 6) is -4.04. The zero-order valence-electron chi connectivity index (χ0n) is 16.3. The quantitative estimate of drug-likeness (QED) is 0.438. The van der Waals surface area contributed by atoms with Crippen LogP contribution >= 0.6 is 22.9 Å². The Morgan fingerprint density at radius 2 is 2.06 bits per heavy atom. The monoisotopic (exact) mass is 466 g/mol. The summed E-state index contributed by atoms with van der Waals surface area (Å²) >= 11 is 6.90. The van der Waals surface area contributed by atoms with Gasteiger partial charge in [0.25, 0.3) is 5.91 Å². The molecule has 4 N–H and O–H groups in total. The molecule has 31 heavy (non-hydrogen) atoms. The Bertz CT molecular complexity index is 1010. The maximum absolute atomic E-state index is 12.5. The van der Waals surface area contributed by atoms with E-state index in [1.807, 2.05) is 7.05 Å². The highest BCUT2D eigenvalue weighted by Crippen LogP contribution is 2.24. The number of amides is 3. The number of aliphatic carboxylic acids is 1. The molecule has 3 rings (SSSR count). The van der Waals surface area contributed by atoms with E-state index in [0.717, 1.165) is 17.1 Å². The van der Waals surface area contributed by atoms with Gasteiger partial charge >= 0.3 is 17.8 Å². The molecule has 0 radical (unpaired) electrons. The molecular formula is C18H19ClN6O5S. The largest absolute Gasteiger partial charge is 0.480 e. The molecule has 0 unspecified atom stereocenters. The number of carboxylic acids is 1. The lowest BCUT2D eigenvalue weighted by Crippen LogP contribution is -2.50. The molecule has 3 heterocycles. The van der Waals surface area contributed by atoms with Crippen molar-refractivity contribution in [3.05, 3.63) is 38.9 Å². The summed E-state index contributed by atoms with van der Waals surface area (Å²) in [5, 5.41) is 16.6. The predicted molar refractivity (Wildman–Crippen MR) is 112 cm³/mol. The molecule has 2 aromatic rings. The molecule has 11 nitrogen and oxygen atoms in total. The molecule has 0 spiro atoms. The Hall–Kier alpha value is -3.09. The van der Waals surface area contributed by atoms with E-state index in [2.05, 4.69) is 30.8 Å². The number of nitrogens with zero attached hydrogens (tertiary/aromatic N) is 3. The summed E-state index contributed by atoms with van der Waals surface area (Å²) < 4.78 is 0. The van der Waals surface area contributed by atoms with Gasteiger partial charge in [0, 0.05) is 37.1 Å². The highest BCUT2D eigenvalue weighted by molar-refractivity contribution is 7.13. The van der Waals surface area contributed by atoms with Crippen molar-refractivity contribution < 1.29 is 24.3 Å². The van der Waals surface area contributed by atoms with E-state index in [0.29, 0.717) is 18.0 Å². The van der Waals surface area contributed by atoms with Gasteiger partial charge < -0.3 is 26.0 Å². The number of aromatic nitrogens is 2. The number of halogens is 1. The summed E-state index contributed by atoms with van der Waals surface area (Å²) in [4.78, 5) is 59.0. The summed E-state index contributed by atoms with van der Waals surface area (Å²) in [6, 6.07) is 1.44. The smallest absolute Gasteiger partial charge is 0.328 e. The number of fused-ring (bicyclic) bond motifs is 1. The lowest BCUT2D eigenvalue weighted by Gasteiger charge is -2.20. The van der Waals surface area contributed by atoms with Crippen LogP contribution in [0.2, 0.25) is 5.02 Å². The van der Waals surface area contributed by atoms with Gasteiger partial charge in [-0.15, -0.1) is 11.3 Å². The standard InChI is InChI=1S/C18H19ClN6O5S/c1-25-5-4-10-12(8-25)31-17(23-10)16(28)22-11(18(29)30)7-21-14(26)15(27)24-13-3-2-9(19)6-20-13/h2-3,6,11H,4-5,7-8H2,1H3,(H,21,26)(H,22,28)(H,29,30)(H,20,24,27)/t11-/m0/s1. The first kappa shape index (κ1) is 22.6. The summed E-state index contributed by atoms with van der Waals surface area (Å²) in [5.41, 5.74) is 0.834. The number of hydrogen-bond acceptors (Lipinski definition) is 8. The minimum absolute atomic E-state index is 0.103. The van der Waals surface area contributed by atoms with Gasteiger partial charge in [-0.1, -0.05) is 11.6 Å². The second kappa shape index (κ2) is 9.81. The number of hydrogen-bond donors (Lipinski definition) is 4. The third kappa shape index (κ3) is 5.96. The molecule has 0 aliphatic carbocycles. The van der Waals surface area contributed by atoms with Crippen molar-refractivity contribution in [2.45, 2.75) is 19.0 Å². The van der Waals surface area contributed by atoms with Crippen molar-refractivity contribution in [2.24, 2.45) is 0 Å². The molecule has 0 fully saturated rings. The van der Waals surface area contributed by atoms with Crippen molar-refractivity contribution in [2.75, 3.05) is 25.5 Å². The van der Waals surface area contributed by atoms with Gasteiger partial charge in [0.1, 0.15) is 11.9 Å². The lowest BCUT2D eigenvalue weighted by molar-refractivity contribution is -0.140. The van der Waals surface area contributed by atoms with E-state index >= 15 is 0 Å². The van der Waals surface area contributed by atoms with Crippen molar-refractivity contribution >= 4 is 52.4 Å². The van der Waals surface area contributed by atoms with Crippen LogP contribution in [0.25, 0.3) is 0 Å². The summed E-state index contributed by atoms with van der Waals surface area (Å²) in [7, 11) is 1.96. The van der Waals surface area contributed by atoms with Crippen molar-refractivity contribution in [3.8, 4) is 0 Å². The molecule has 0 saturated carbocycles.